The van der Waals surface area contributed by atoms with E-state index in [2.05, 4.69) is 6.07 Å². The van der Waals surface area contributed by atoms with Gasteiger partial charge in [0.15, 0.2) is 0 Å². The fourth-order valence-corrected chi connectivity index (χ4v) is 2.00. The lowest BCUT2D eigenvalue weighted by molar-refractivity contribution is -0.132. The molecule has 0 aliphatic carbocycles. The number of fused-ring (bicyclic) bond motifs is 1. The molecule has 92 valence electrons. The van der Waals surface area contributed by atoms with Crippen LogP contribution in [0.3, 0.4) is 0 Å². The summed E-state index contributed by atoms with van der Waals surface area (Å²) >= 11 is 0. The Morgan fingerprint density at radius 1 is 1.53 bits per heavy atom. The van der Waals surface area contributed by atoms with E-state index in [1.165, 1.54) is 5.56 Å². The standard InChI is InChI=1S/C13H18N2O2/c1-9-3-4-12-11(7-9)8-15(5-6-17-12)13(16)10(2)14/h3-4,7,10H,5-6,8,14H2,1-2H3/t10-/m0/s1. The fourth-order valence-electron chi connectivity index (χ4n) is 2.00. The highest BCUT2D eigenvalue weighted by molar-refractivity contribution is 5.81. The van der Waals surface area contributed by atoms with E-state index in [-0.39, 0.29) is 5.91 Å². The van der Waals surface area contributed by atoms with Crippen molar-refractivity contribution in [3.8, 4) is 5.75 Å². The molecule has 0 bridgehead atoms. The molecule has 1 aromatic rings. The van der Waals surface area contributed by atoms with Crippen LogP contribution in [-0.2, 0) is 11.3 Å². The van der Waals surface area contributed by atoms with Gasteiger partial charge in [-0.05, 0) is 19.9 Å². The molecule has 1 aliphatic rings. The number of ether oxygens (including phenoxy) is 1. The summed E-state index contributed by atoms with van der Waals surface area (Å²) in [4.78, 5) is 13.7. The van der Waals surface area contributed by atoms with Crippen molar-refractivity contribution in [2.24, 2.45) is 5.73 Å². The van der Waals surface area contributed by atoms with Crippen LogP contribution in [0, 0.1) is 6.92 Å². The number of aryl methyl sites for hydroxylation is 1. The molecular formula is C13H18N2O2. The predicted molar refractivity (Wildman–Crippen MR) is 65.7 cm³/mol. The predicted octanol–water partition coefficient (Wildman–Crippen LogP) is 1.06. The lowest BCUT2D eigenvalue weighted by atomic mass is 10.1. The van der Waals surface area contributed by atoms with Crippen molar-refractivity contribution in [2.75, 3.05) is 13.2 Å². The van der Waals surface area contributed by atoms with Crippen LogP contribution in [-0.4, -0.2) is 30.0 Å². The molecule has 1 atom stereocenters. The minimum Gasteiger partial charge on any atom is -0.491 e. The number of carbonyl (C=O) groups excluding carboxylic acids is 1. The number of amides is 1. The van der Waals surface area contributed by atoms with Crippen LogP contribution in [0.5, 0.6) is 5.75 Å². The topological polar surface area (TPSA) is 55.6 Å². The van der Waals surface area contributed by atoms with E-state index in [1.54, 1.807) is 11.8 Å². The molecule has 0 saturated heterocycles. The molecule has 2 N–H and O–H groups in total. The van der Waals surface area contributed by atoms with Gasteiger partial charge in [0.1, 0.15) is 12.4 Å². The molecule has 1 aromatic carbocycles. The van der Waals surface area contributed by atoms with Crippen molar-refractivity contribution in [1.29, 1.82) is 0 Å². The van der Waals surface area contributed by atoms with Gasteiger partial charge in [-0.25, -0.2) is 0 Å². The zero-order valence-corrected chi connectivity index (χ0v) is 10.3. The average molecular weight is 234 g/mol. The van der Waals surface area contributed by atoms with Gasteiger partial charge in [-0.1, -0.05) is 17.7 Å². The van der Waals surface area contributed by atoms with Gasteiger partial charge >= 0.3 is 0 Å². The first-order valence-corrected chi connectivity index (χ1v) is 5.84. The van der Waals surface area contributed by atoms with Crippen LogP contribution >= 0.6 is 0 Å². The molecular weight excluding hydrogens is 216 g/mol. The van der Waals surface area contributed by atoms with E-state index >= 15 is 0 Å². The van der Waals surface area contributed by atoms with E-state index in [9.17, 15) is 4.79 Å². The first-order valence-electron chi connectivity index (χ1n) is 5.84. The Hall–Kier alpha value is -1.55. The number of hydrogen-bond donors (Lipinski definition) is 1. The van der Waals surface area contributed by atoms with Crippen molar-refractivity contribution in [2.45, 2.75) is 26.4 Å². The molecule has 2 rings (SSSR count). The van der Waals surface area contributed by atoms with E-state index in [1.807, 2.05) is 19.1 Å². The summed E-state index contributed by atoms with van der Waals surface area (Å²) < 4.78 is 5.63. The summed E-state index contributed by atoms with van der Waals surface area (Å²) in [5, 5.41) is 0. The molecule has 1 amide bonds. The number of benzene rings is 1. The van der Waals surface area contributed by atoms with E-state index in [0.717, 1.165) is 11.3 Å². The third-order valence-corrected chi connectivity index (χ3v) is 2.90. The first kappa shape index (κ1) is 11.9. The summed E-state index contributed by atoms with van der Waals surface area (Å²) in [6.45, 7) is 5.44. The highest BCUT2D eigenvalue weighted by Gasteiger charge is 2.21. The average Bonchev–Trinajstić information content (AvgIpc) is 2.49. The largest absolute Gasteiger partial charge is 0.491 e. The van der Waals surface area contributed by atoms with Crippen LogP contribution in [0.25, 0.3) is 0 Å². The Kier molecular flexibility index (Phi) is 3.33. The lowest BCUT2D eigenvalue weighted by Crippen LogP contribution is -2.42. The van der Waals surface area contributed by atoms with Crippen molar-refractivity contribution in [3.05, 3.63) is 29.3 Å². The molecule has 4 nitrogen and oxygen atoms in total. The molecule has 0 aromatic heterocycles. The van der Waals surface area contributed by atoms with E-state index in [0.29, 0.717) is 19.7 Å². The zero-order chi connectivity index (χ0) is 12.4. The number of rotatable bonds is 1. The van der Waals surface area contributed by atoms with Crippen LogP contribution < -0.4 is 10.5 Å². The third-order valence-electron chi connectivity index (χ3n) is 2.90. The van der Waals surface area contributed by atoms with Crippen LogP contribution in [0.2, 0.25) is 0 Å². The van der Waals surface area contributed by atoms with Gasteiger partial charge in [-0.15, -0.1) is 0 Å². The summed E-state index contributed by atoms with van der Waals surface area (Å²) in [6.07, 6.45) is 0. The van der Waals surface area contributed by atoms with Crippen molar-refractivity contribution in [1.82, 2.24) is 4.90 Å². The summed E-state index contributed by atoms with van der Waals surface area (Å²) in [5.74, 6) is 0.846. The molecule has 4 heteroatoms. The second-order valence-corrected chi connectivity index (χ2v) is 4.51. The van der Waals surface area contributed by atoms with Gasteiger partial charge in [0.05, 0.1) is 12.6 Å². The van der Waals surface area contributed by atoms with Crippen molar-refractivity contribution < 1.29 is 9.53 Å². The molecule has 1 aliphatic heterocycles. The highest BCUT2D eigenvalue weighted by Crippen LogP contribution is 2.24. The maximum absolute atomic E-state index is 11.9. The Balaban J connectivity index is 2.24. The van der Waals surface area contributed by atoms with Gasteiger partial charge in [0.25, 0.3) is 0 Å². The van der Waals surface area contributed by atoms with Gasteiger partial charge < -0.3 is 15.4 Å². The molecule has 1 heterocycles. The smallest absolute Gasteiger partial charge is 0.239 e. The Labute approximate surface area is 101 Å². The second-order valence-electron chi connectivity index (χ2n) is 4.51. The summed E-state index contributed by atoms with van der Waals surface area (Å²) in [7, 11) is 0. The molecule has 0 saturated carbocycles. The zero-order valence-electron chi connectivity index (χ0n) is 10.3. The van der Waals surface area contributed by atoms with Gasteiger partial charge in [-0.2, -0.15) is 0 Å². The highest BCUT2D eigenvalue weighted by atomic mass is 16.5. The minimum atomic E-state index is -0.457. The summed E-state index contributed by atoms with van der Waals surface area (Å²) in [5.41, 5.74) is 7.86. The Morgan fingerprint density at radius 3 is 3.00 bits per heavy atom. The summed E-state index contributed by atoms with van der Waals surface area (Å²) in [6, 6.07) is 5.58. The van der Waals surface area contributed by atoms with Crippen molar-refractivity contribution >= 4 is 5.91 Å². The lowest BCUT2D eigenvalue weighted by Gasteiger charge is -2.21. The van der Waals surface area contributed by atoms with E-state index < -0.39 is 6.04 Å². The molecule has 17 heavy (non-hydrogen) atoms. The van der Waals surface area contributed by atoms with Gasteiger partial charge in [-0.3, -0.25) is 4.79 Å². The number of nitrogens with zero attached hydrogens (tertiary/aromatic N) is 1. The fraction of sp³-hybridized carbons (Fsp3) is 0.462. The first-order chi connectivity index (χ1) is 8.08. The van der Waals surface area contributed by atoms with Crippen LogP contribution in [0.15, 0.2) is 18.2 Å². The SMILES string of the molecule is Cc1ccc2c(c1)CN(C(=O)[C@H](C)N)CCO2. The van der Waals surface area contributed by atoms with Crippen LogP contribution in [0.1, 0.15) is 18.1 Å². The molecule has 0 radical (unpaired) electrons. The molecule has 0 spiro atoms. The Morgan fingerprint density at radius 2 is 2.29 bits per heavy atom. The number of nitrogens with two attached hydrogens (primary N) is 1. The third kappa shape index (κ3) is 2.58. The van der Waals surface area contributed by atoms with Gasteiger partial charge in [0.2, 0.25) is 5.91 Å². The molecule has 0 fully saturated rings. The number of carbonyl (C=O) groups is 1. The second kappa shape index (κ2) is 4.75. The van der Waals surface area contributed by atoms with Gasteiger partial charge in [0, 0.05) is 12.1 Å². The van der Waals surface area contributed by atoms with E-state index in [4.69, 9.17) is 10.5 Å². The quantitative estimate of drug-likeness (QED) is 0.790. The maximum Gasteiger partial charge on any atom is 0.239 e. The Bertz CT molecular complexity index is 429. The molecule has 0 unspecified atom stereocenters. The van der Waals surface area contributed by atoms with Crippen molar-refractivity contribution in [3.63, 3.8) is 0 Å². The minimum absolute atomic E-state index is 0.0250. The normalized spacial score (nSPS) is 16.8. The number of hydrogen-bond acceptors (Lipinski definition) is 3. The monoisotopic (exact) mass is 234 g/mol. The van der Waals surface area contributed by atoms with Crippen LogP contribution in [0.4, 0.5) is 0 Å². The maximum atomic E-state index is 11.9.